The summed E-state index contributed by atoms with van der Waals surface area (Å²) in [4.78, 5) is 4.35. The van der Waals surface area contributed by atoms with Gasteiger partial charge in [0.2, 0.25) is 0 Å². The largest absolute Gasteiger partial charge is 0.312 e. The molecule has 20 heavy (non-hydrogen) atoms. The summed E-state index contributed by atoms with van der Waals surface area (Å²) in [5.74, 6) is 0.881. The first kappa shape index (κ1) is 11.5. The van der Waals surface area contributed by atoms with Crippen LogP contribution in [0.5, 0.6) is 0 Å². The third-order valence-electron chi connectivity index (χ3n) is 3.82. The van der Waals surface area contributed by atoms with E-state index in [4.69, 9.17) is 0 Å². The number of rotatable bonds is 1. The van der Waals surface area contributed by atoms with Crippen molar-refractivity contribution in [2.45, 2.75) is 19.9 Å². The zero-order valence-electron chi connectivity index (χ0n) is 11.3. The number of hydrogen-bond acceptors (Lipinski definition) is 4. The second kappa shape index (κ2) is 4.38. The lowest BCUT2D eigenvalue weighted by molar-refractivity contribution is 0.644. The number of benzene rings is 1. The first-order valence-electron chi connectivity index (χ1n) is 6.82. The Morgan fingerprint density at radius 1 is 1.25 bits per heavy atom. The van der Waals surface area contributed by atoms with Crippen LogP contribution in [0.4, 0.5) is 0 Å². The average molecular weight is 265 g/mol. The molecule has 0 spiro atoms. The Hall–Kier alpha value is -2.27. The molecule has 0 amide bonds. The lowest BCUT2D eigenvalue weighted by Crippen LogP contribution is -2.24. The van der Waals surface area contributed by atoms with E-state index in [1.165, 1.54) is 16.7 Å². The number of nitrogens with one attached hydrogen (secondary N) is 1. The zero-order valence-corrected chi connectivity index (χ0v) is 11.3. The van der Waals surface area contributed by atoms with Crippen LogP contribution in [-0.2, 0) is 13.0 Å². The maximum Gasteiger partial charge on any atom is 0.169 e. The quantitative estimate of drug-likeness (QED) is 0.728. The minimum absolute atomic E-state index is 0.846. The molecule has 1 N–H and O–H groups in total. The summed E-state index contributed by atoms with van der Waals surface area (Å²) in [6.07, 6.45) is 2.83. The summed E-state index contributed by atoms with van der Waals surface area (Å²) in [7, 11) is 0. The molecule has 100 valence electrons. The first-order chi connectivity index (χ1) is 9.83. The molecule has 5 heteroatoms. The lowest BCUT2D eigenvalue weighted by Gasteiger charge is -2.19. The van der Waals surface area contributed by atoms with Gasteiger partial charge in [-0.25, -0.2) is 4.98 Å². The summed E-state index contributed by atoms with van der Waals surface area (Å²) in [6, 6.07) is 8.34. The fourth-order valence-corrected chi connectivity index (χ4v) is 2.81. The Kier molecular flexibility index (Phi) is 2.53. The molecule has 0 fully saturated rings. The molecule has 3 aromatic rings. The molecule has 0 saturated carbocycles. The van der Waals surface area contributed by atoms with Gasteiger partial charge in [-0.2, -0.15) is 0 Å². The smallest absolute Gasteiger partial charge is 0.169 e. The zero-order chi connectivity index (χ0) is 13.5. The molecule has 0 atom stereocenters. The molecule has 5 nitrogen and oxygen atoms in total. The van der Waals surface area contributed by atoms with E-state index in [1.807, 2.05) is 17.4 Å². The second-order valence-electron chi connectivity index (χ2n) is 5.15. The summed E-state index contributed by atoms with van der Waals surface area (Å²) in [5.41, 5.74) is 5.70. The van der Waals surface area contributed by atoms with Gasteiger partial charge in [-0.15, -0.1) is 10.2 Å². The van der Waals surface area contributed by atoms with E-state index in [9.17, 15) is 0 Å². The summed E-state index contributed by atoms with van der Waals surface area (Å²) in [6.45, 7) is 3.90. The van der Waals surface area contributed by atoms with E-state index in [-0.39, 0.29) is 0 Å². The van der Waals surface area contributed by atoms with Crippen LogP contribution in [0.2, 0.25) is 0 Å². The van der Waals surface area contributed by atoms with Crippen molar-refractivity contribution < 1.29 is 0 Å². The third-order valence-corrected chi connectivity index (χ3v) is 3.82. The van der Waals surface area contributed by atoms with E-state index in [2.05, 4.69) is 38.7 Å². The monoisotopic (exact) mass is 265 g/mol. The van der Waals surface area contributed by atoms with Crippen molar-refractivity contribution in [2.24, 2.45) is 0 Å². The minimum atomic E-state index is 0.846. The van der Waals surface area contributed by atoms with Gasteiger partial charge >= 0.3 is 0 Å². The van der Waals surface area contributed by atoms with Crippen molar-refractivity contribution in [1.82, 2.24) is 24.9 Å². The molecule has 0 saturated heterocycles. The van der Waals surface area contributed by atoms with E-state index in [0.29, 0.717) is 0 Å². The van der Waals surface area contributed by atoms with Crippen LogP contribution in [0.3, 0.4) is 0 Å². The molecule has 0 bridgehead atoms. The summed E-state index contributed by atoms with van der Waals surface area (Å²) in [5, 5.41) is 12.0. The number of aryl methyl sites for hydroxylation is 1. The van der Waals surface area contributed by atoms with Crippen molar-refractivity contribution >= 4 is 5.65 Å². The van der Waals surface area contributed by atoms with Gasteiger partial charge in [-0.05, 0) is 31.0 Å². The summed E-state index contributed by atoms with van der Waals surface area (Å²) >= 11 is 0. The van der Waals surface area contributed by atoms with Crippen LogP contribution in [-0.4, -0.2) is 26.1 Å². The Balaban J connectivity index is 1.95. The van der Waals surface area contributed by atoms with E-state index in [1.54, 1.807) is 6.33 Å². The van der Waals surface area contributed by atoms with Crippen LogP contribution < -0.4 is 5.32 Å². The highest BCUT2D eigenvalue weighted by Gasteiger charge is 2.17. The van der Waals surface area contributed by atoms with Gasteiger partial charge in [-0.3, -0.25) is 4.40 Å². The fourth-order valence-electron chi connectivity index (χ4n) is 2.81. The Morgan fingerprint density at radius 2 is 2.20 bits per heavy atom. The van der Waals surface area contributed by atoms with Gasteiger partial charge in [0.05, 0.1) is 0 Å². The van der Waals surface area contributed by atoms with Crippen molar-refractivity contribution in [3.8, 4) is 11.4 Å². The molecular weight excluding hydrogens is 250 g/mol. The minimum Gasteiger partial charge on any atom is -0.312 e. The molecule has 1 aliphatic rings. The first-order valence-corrected chi connectivity index (χ1v) is 6.82. The Labute approximate surface area is 116 Å². The van der Waals surface area contributed by atoms with Crippen molar-refractivity contribution in [3.05, 3.63) is 47.4 Å². The van der Waals surface area contributed by atoms with Crippen LogP contribution in [0.25, 0.3) is 17.0 Å². The number of aromatic nitrogens is 4. The molecule has 1 aliphatic heterocycles. The molecule has 0 radical (unpaired) electrons. The average Bonchev–Trinajstić information content (AvgIpc) is 2.89. The predicted octanol–water partition coefficient (Wildman–Crippen LogP) is 1.75. The van der Waals surface area contributed by atoms with E-state index >= 15 is 0 Å². The van der Waals surface area contributed by atoms with E-state index < -0.39 is 0 Å². The molecule has 1 aromatic carbocycles. The molecular formula is C15H15N5. The standard InChI is InChI=1S/C15H15N5/c1-10-7-14-18-19-15(20(14)9-17-10)13-4-2-3-11-8-16-6-5-12(11)13/h2-4,7,9,16H,5-6,8H2,1H3. The van der Waals surface area contributed by atoms with Gasteiger partial charge in [0.15, 0.2) is 11.5 Å². The van der Waals surface area contributed by atoms with Crippen LogP contribution in [0.1, 0.15) is 16.8 Å². The maximum absolute atomic E-state index is 4.37. The van der Waals surface area contributed by atoms with Gasteiger partial charge in [0.25, 0.3) is 0 Å². The van der Waals surface area contributed by atoms with Crippen molar-refractivity contribution in [2.75, 3.05) is 6.54 Å². The predicted molar refractivity (Wildman–Crippen MR) is 76.4 cm³/mol. The molecule has 0 aliphatic carbocycles. The van der Waals surface area contributed by atoms with Crippen molar-refractivity contribution in [3.63, 3.8) is 0 Å². The topological polar surface area (TPSA) is 55.1 Å². The highest BCUT2D eigenvalue weighted by atomic mass is 15.3. The number of nitrogens with zero attached hydrogens (tertiary/aromatic N) is 4. The molecule has 2 aromatic heterocycles. The van der Waals surface area contributed by atoms with Crippen LogP contribution >= 0.6 is 0 Å². The summed E-state index contributed by atoms with van der Waals surface area (Å²) < 4.78 is 1.96. The third kappa shape index (κ3) is 1.71. The van der Waals surface area contributed by atoms with Gasteiger partial charge in [0, 0.05) is 23.9 Å². The maximum atomic E-state index is 4.37. The Bertz CT molecular complexity index is 790. The van der Waals surface area contributed by atoms with Crippen LogP contribution in [0, 0.1) is 6.92 Å². The molecule has 3 heterocycles. The van der Waals surface area contributed by atoms with Gasteiger partial charge in [-0.1, -0.05) is 18.2 Å². The fraction of sp³-hybridized carbons (Fsp3) is 0.267. The van der Waals surface area contributed by atoms with Gasteiger partial charge in [0.1, 0.15) is 6.33 Å². The van der Waals surface area contributed by atoms with Gasteiger partial charge < -0.3 is 5.32 Å². The van der Waals surface area contributed by atoms with Crippen molar-refractivity contribution in [1.29, 1.82) is 0 Å². The molecule has 4 rings (SSSR count). The number of fused-ring (bicyclic) bond motifs is 2. The lowest BCUT2D eigenvalue weighted by atomic mass is 9.95. The SMILES string of the molecule is Cc1cc2nnc(-c3cccc4c3CCNC4)n2cn1. The second-order valence-corrected chi connectivity index (χ2v) is 5.15. The molecule has 0 unspecified atom stereocenters. The van der Waals surface area contributed by atoms with E-state index in [0.717, 1.165) is 36.7 Å². The number of hydrogen-bond donors (Lipinski definition) is 1. The Morgan fingerprint density at radius 3 is 3.15 bits per heavy atom. The highest BCUT2D eigenvalue weighted by molar-refractivity contribution is 5.65. The van der Waals surface area contributed by atoms with Crippen LogP contribution in [0.15, 0.2) is 30.6 Å². The normalized spacial score (nSPS) is 14.4. The highest BCUT2D eigenvalue weighted by Crippen LogP contribution is 2.27.